The third kappa shape index (κ3) is 3.76. The van der Waals surface area contributed by atoms with E-state index in [9.17, 15) is 0 Å². The number of hydrogen-bond donors (Lipinski definition) is 1. The summed E-state index contributed by atoms with van der Waals surface area (Å²) in [6.45, 7) is 8.83. The molecule has 3 heteroatoms. The number of nitrogen functional groups attached to an aromatic ring is 1. The molecule has 0 spiro atoms. The molecule has 98 valence electrons. The zero-order chi connectivity index (χ0) is 12.8. The van der Waals surface area contributed by atoms with E-state index >= 15 is 0 Å². The Labute approximate surface area is 105 Å². The quantitative estimate of drug-likeness (QED) is 0.776. The number of anilines is 1. The Balaban J connectivity index is 2.92. The van der Waals surface area contributed by atoms with Crippen molar-refractivity contribution in [1.82, 2.24) is 5.16 Å². The summed E-state index contributed by atoms with van der Waals surface area (Å²) >= 11 is 0. The van der Waals surface area contributed by atoms with Crippen molar-refractivity contribution in [2.75, 3.05) is 5.73 Å². The summed E-state index contributed by atoms with van der Waals surface area (Å²) in [4.78, 5) is 0. The van der Waals surface area contributed by atoms with Gasteiger partial charge in [-0.15, -0.1) is 0 Å². The number of nitrogens with two attached hydrogens (primary N) is 1. The maximum Gasteiger partial charge on any atom is 0.225 e. The average Bonchev–Trinajstić information content (AvgIpc) is 2.60. The number of hydrogen-bond acceptors (Lipinski definition) is 3. The van der Waals surface area contributed by atoms with E-state index in [4.69, 9.17) is 10.3 Å². The summed E-state index contributed by atoms with van der Waals surface area (Å²) in [6.07, 6.45) is 5.67. The van der Waals surface area contributed by atoms with E-state index < -0.39 is 0 Å². The molecule has 3 nitrogen and oxygen atoms in total. The molecule has 1 aromatic heterocycles. The van der Waals surface area contributed by atoms with Crippen molar-refractivity contribution in [3.8, 4) is 0 Å². The number of aromatic nitrogens is 1. The lowest BCUT2D eigenvalue weighted by molar-refractivity contribution is 0.411. The van der Waals surface area contributed by atoms with Gasteiger partial charge in [-0.3, -0.25) is 0 Å². The van der Waals surface area contributed by atoms with Gasteiger partial charge in [-0.05, 0) is 25.2 Å². The molecule has 0 bridgehead atoms. The van der Waals surface area contributed by atoms with Gasteiger partial charge in [0.2, 0.25) is 5.88 Å². The molecule has 1 rings (SSSR count). The summed E-state index contributed by atoms with van der Waals surface area (Å²) in [6, 6.07) is 0. The summed E-state index contributed by atoms with van der Waals surface area (Å²) in [5.41, 5.74) is 8.15. The van der Waals surface area contributed by atoms with E-state index in [0.29, 0.717) is 17.7 Å². The minimum atomic E-state index is 0.514. The van der Waals surface area contributed by atoms with Crippen LogP contribution in [0.4, 0.5) is 5.88 Å². The lowest BCUT2D eigenvalue weighted by Crippen LogP contribution is -2.06. The van der Waals surface area contributed by atoms with Crippen LogP contribution in [0.2, 0.25) is 0 Å². The smallest absolute Gasteiger partial charge is 0.225 e. The molecule has 0 aromatic carbocycles. The first-order chi connectivity index (χ1) is 8.10. The van der Waals surface area contributed by atoms with Crippen molar-refractivity contribution in [1.29, 1.82) is 0 Å². The molecule has 0 unspecified atom stereocenters. The average molecular weight is 238 g/mol. The summed E-state index contributed by atoms with van der Waals surface area (Å²) < 4.78 is 5.20. The predicted octanol–water partition coefficient (Wildman–Crippen LogP) is 4.14. The second-order valence-electron chi connectivity index (χ2n) is 5.28. The highest BCUT2D eigenvalue weighted by Crippen LogP contribution is 2.32. The van der Waals surface area contributed by atoms with Crippen LogP contribution in [0.3, 0.4) is 0 Å². The minimum absolute atomic E-state index is 0.514. The van der Waals surface area contributed by atoms with Crippen molar-refractivity contribution < 1.29 is 4.52 Å². The zero-order valence-corrected chi connectivity index (χ0v) is 11.6. The van der Waals surface area contributed by atoms with E-state index in [2.05, 4.69) is 32.9 Å². The molecule has 0 saturated heterocycles. The maximum atomic E-state index is 5.89. The van der Waals surface area contributed by atoms with Gasteiger partial charge in [0.25, 0.3) is 0 Å². The van der Waals surface area contributed by atoms with E-state index in [0.717, 1.165) is 17.7 Å². The second kappa shape index (κ2) is 6.67. The van der Waals surface area contributed by atoms with Crippen LogP contribution in [-0.2, 0) is 6.42 Å². The first kappa shape index (κ1) is 14.1. The van der Waals surface area contributed by atoms with Gasteiger partial charge in [-0.1, -0.05) is 45.7 Å². The molecule has 17 heavy (non-hydrogen) atoms. The lowest BCUT2D eigenvalue weighted by Gasteiger charge is -2.14. The topological polar surface area (TPSA) is 52.0 Å². The van der Waals surface area contributed by atoms with Crippen LogP contribution in [0.25, 0.3) is 0 Å². The summed E-state index contributed by atoms with van der Waals surface area (Å²) in [7, 11) is 0. The highest BCUT2D eigenvalue weighted by molar-refractivity contribution is 5.40. The van der Waals surface area contributed by atoms with Crippen molar-refractivity contribution in [3.63, 3.8) is 0 Å². The Morgan fingerprint density at radius 2 is 1.76 bits per heavy atom. The second-order valence-corrected chi connectivity index (χ2v) is 5.28. The first-order valence-electron chi connectivity index (χ1n) is 6.83. The van der Waals surface area contributed by atoms with Crippen molar-refractivity contribution in [2.24, 2.45) is 5.92 Å². The standard InChI is InChI=1S/C14H26N2O/c1-5-7-11(8-6-2)13-12(9-10(3)4)14(15)17-16-13/h10-11H,5-9,15H2,1-4H3. The van der Waals surface area contributed by atoms with Crippen LogP contribution in [-0.4, -0.2) is 5.16 Å². The van der Waals surface area contributed by atoms with Gasteiger partial charge in [0.15, 0.2) is 0 Å². The normalized spacial score (nSPS) is 11.6. The largest absolute Gasteiger partial charge is 0.367 e. The predicted molar refractivity (Wildman–Crippen MR) is 72.0 cm³/mol. The van der Waals surface area contributed by atoms with Gasteiger partial charge in [-0.25, -0.2) is 0 Å². The fourth-order valence-corrected chi connectivity index (χ4v) is 2.38. The molecule has 2 N–H and O–H groups in total. The van der Waals surface area contributed by atoms with Crippen molar-refractivity contribution >= 4 is 5.88 Å². The van der Waals surface area contributed by atoms with E-state index in [1.165, 1.54) is 25.7 Å². The fourth-order valence-electron chi connectivity index (χ4n) is 2.38. The zero-order valence-electron chi connectivity index (χ0n) is 11.6. The van der Waals surface area contributed by atoms with Crippen LogP contribution in [0, 0.1) is 5.92 Å². The van der Waals surface area contributed by atoms with Crippen LogP contribution >= 0.6 is 0 Å². The molecular formula is C14H26N2O. The molecule has 1 aromatic rings. The van der Waals surface area contributed by atoms with E-state index in [-0.39, 0.29) is 0 Å². The maximum absolute atomic E-state index is 5.89. The van der Waals surface area contributed by atoms with Crippen molar-refractivity contribution in [3.05, 3.63) is 11.3 Å². The van der Waals surface area contributed by atoms with Crippen LogP contribution in [0.1, 0.15) is 70.6 Å². The Morgan fingerprint density at radius 1 is 1.18 bits per heavy atom. The Morgan fingerprint density at radius 3 is 2.24 bits per heavy atom. The van der Waals surface area contributed by atoms with Crippen LogP contribution in [0.5, 0.6) is 0 Å². The first-order valence-corrected chi connectivity index (χ1v) is 6.83. The molecule has 0 saturated carbocycles. The molecule has 0 fully saturated rings. The molecule has 0 radical (unpaired) electrons. The van der Waals surface area contributed by atoms with Crippen LogP contribution in [0.15, 0.2) is 4.52 Å². The lowest BCUT2D eigenvalue weighted by atomic mass is 9.90. The van der Waals surface area contributed by atoms with Crippen LogP contribution < -0.4 is 5.73 Å². The Hall–Kier alpha value is -0.990. The third-order valence-corrected chi connectivity index (χ3v) is 3.12. The van der Waals surface area contributed by atoms with E-state index in [1.807, 2.05) is 0 Å². The van der Waals surface area contributed by atoms with Gasteiger partial charge in [-0.2, -0.15) is 0 Å². The molecule has 0 aliphatic carbocycles. The van der Waals surface area contributed by atoms with Gasteiger partial charge in [0.05, 0.1) is 5.69 Å². The molecule has 0 atom stereocenters. The van der Waals surface area contributed by atoms with E-state index in [1.54, 1.807) is 0 Å². The molecule has 0 aliphatic rings. The third-order valence-electron chi connectivity index (χ3n) is 3.12. The highest BCUT2D eigenvalue weighted by atomic mass is 16.5. The number of rotatable bonds is 7. The monoisotopic (exact) mass is 238 g/mol. The molecule has 1 heterocycles. The fraction of sp³-hybridized carbons (Fsp3) is 0.786. The number of nitrogens with zero attached hydrogens (tertiary/aromatic N) is 1. The summed E-state index contributed by atoms with van der Waals surface area (Å²) in [5, 5.41) is 4.21. The molecule has 0 aliphatic heterocycles. The van der Waals surface area contributed by atoms with Gasteiger partial charge < -0.3 is 10.3 Å². The van der Waals surface area contributed by atoms with Gasteiger partial charge >= 0.3 is 0 Å². The minimum Gasteiger partial charge on any atom is -0.367 e. The van der Waals surface area contributed by atoms with Crippen molar-refractivity contribution in [2.45, 2.75) is 65.7 Å². The Kier molecular flexibility index (Phi) is 5.52. The highest BCUT2D eigenvalue weighted by Gasteiger charge is 2.21. The molecular weight excluding hydrogens is 212 g/mol. The van der Waals surface area contributed by atoms with Gasteiger partial charge in [0, 0.05) is 11.5 Å². The summed E-state index contributed by atoms with van der Waals surface area (Å²) in [5.74, 6) is 1.62. The molecule has 0 amide bonds. The SMILES string of the molecule is CCCC(CCC)c1noc(N)c1CC(C)C. The Bertz CT molecular complexity index is 325. The van der Waals surface area contributed by atoms with Gasteiger partial charge in [0.1, 0.15) is 0 Å².